The smallest absolute Gasteiger partial charge is 0.270 e. The molecular formula is C18H20ClN3O. The number of rotatable bonds is 4. The van der Waals surface area contributed by atoms with Crippen LogP contribution in [0.4, 0.5) is 5.69 Å². The molecule has 1 N–H and O–H groups in total. The number of nitrogens with one attached hydrogen (secondary N) is 1. The van der Waals surface area contributed by atoms with E-state index < -0.39 is 0 Å². The van der Waals surface area contributed by atoms with E-state index in [4.69, 9.17) is 11.6 Å². The maximum absolute atomic E-state index is 12.3. The maximum Gasteiger partial charge on any atom is 0.270 e. The number of anilines is 1. The minimum atomic E-state index is -0.177. The van der Waals surface area contributed by atoms with E-state index in [-0.39, 0.29) is 5.91 Å². The van der Waals surface area contributed by atoms with Crippen LogP contribution in [0.1, 0.15) is 35.3 Å². The highest BCUT2D eigenvalue weighted by Crippen LogP contribution is 2.20. The minimum Gasteiger partial charge on any atom is -0.371 e. The zero-order valence-electron chi connectivity index (χ0n) is 13.0. The van der Waals surface area contributed by atoms with Crippen molar-refractivity contribution < 1.29 is 4.79 Å². The summed E-state index contributed by atoms with van der Waals surface area (Å²) in [5.41, 5.74) is 2.41. The first kappa shape index (κ1) is 15.8. The molecule has 23 heavy (non-hydrogen) atoms. The Hall–Kier alpha value is -2.07. The van der Waals surface area contributed by atoms with Crippen LogP contribution >= 0.6 is 11.6 Å². The van der Waals surface area contributed by atoms with Crippen LogP contribution in [0.15, 0.2) is 42.6 Å². The third kappa shape index (κ3) is 4.02. The molecule has 2 heterocycles. The first-order valence-corrected chi connectivity index (χ1v) is 8.34. The van der Waals surface area contributed by atoms with Crippen molar-refractivity contribution in [2.24, 2.45) is 0 Å². The molecule has 0 unspecified atom stereocenters. The number of nitrogens with zero attached hydrogens (tertiary/aromatic N) is 2. The van der Waals surface area contributed by atoms with Crippen molar-refractivity contribution in [2.75, 3.05) is 18.0 Å². The van der Waals surface area contributed by atoms with Gasteiger partial charge in [0.2, 0.25) is 0 Å². The van der Waals surface area contributed by atoms with Gasteiger partial charge in [0.1, 0.15) is 5.69 Å². The SMILES string of the molecule is O=C(NCc1ccccc1Cl)c1cc(N2CCCCC2)ccn1. The van der Waals surface area contributed by atoms with E-state index in [1.165, 1.54) is 19.3 Å². The van der Waals surface area contributed by atoms with Crippen LogP contribution in [0.3, 0.4) is 0 Å². The lowest BCUT2D eigenvalue weighted by molar-refractivity contribution is 0.0946. The Bertz CT molecular complexity index is 683. The zero-order chi connectivity index (χ0) is 16.1. The summed E-state index contributed by atoms with van der Waals surface area (Å²) in [7, 11) is 0. The van der Waals surface area contributed by atoms with Crippen LogP contribution in [0.5, 0.6) is 0 Å². The molecule has 1 aromatic heterocycles. The molecule has 120 valence electrons. The first-order chi connectivity index (χ1) is 11.2. The van der Waals surface area contributed by atoms with E-state index in [9.17, 15) is 4.79 Å². The number of hydrogen-bond donors (Lipinski definition) is 1. The number of halogens is 1. The summed E-state index contributed by atoms with van der Waals surface area (Å²) in [5.74, 6) is -0.177. The summed E-state index contributed by atoms with van der Waals surface area (Å²) in [6.07, 6.45) is 5.40. The Kier molecular flexibility index (Phi) is 5.13. The van der Waals surface area contributed by atoms with Gasteiger partial charge in [0.15, 0.2) is 0 Å². The number of piperidine rings is 1. The summed E-state index contributed by atoms with van der Waals surface area (Å²) >= 11 is 6.11. The molecule has 1 saturated heterocycles. The zero-order valence-corrected chi connectivity index (χ0v) is 13.7. The summed E-state index contributed by atoms with van der Waals surface area (Å²) in [6, 6.07) is 11.3. The molecule has 3 rings (SSSR count). The van der Waals surface area contributed by atoms with Gasteiger partial charge in [0.25, 0.3) is 5.91 Å². The number of amides is 1. The fourth-order valence-corrected chi connectivity index (χ4v) is 3.00. The maximum atomic E-state index is 12.3. The Morgan fingerprint density at radius 1 is 1.17 bits per heavy atom. The Labute approximate surface area is 141 Å². The second-order valence-electron chi connectivity index (χ2n) is 5.72. The fourth-order valence-electron chi connectivity index (χ4n) is 2.80. The second kappa shape index (κ2) is 7.47. The van der Waals surface area contributed by atoms with E-state index in [2.05, 4.69) is 15.2 Å². The first-order valence-electron chi connectivity index (χ1n) is 7.96. The fraction of sp³-hybridized carbons (Fsp3) is 0.333. The average molecular weight is 330 g/mol. The predicted octanol–water partition coefficient (Wildman–Crippen LogP) is 3.66. The van der Waals surface area contributed by atoms with Gasteiger partial charge in [-0.25, -0.2) is 0 Å². The second-order valence-corrected chi connectivity index (χ2v) is 6.13. The lowest BCUT2D eigenvalue weighted by atomic mass is 10.1. The molecule has 0 aliphatic carbocycles. The molecule has 1 fully saturated rings. The van der Waals surface area contributed by atoms with Crippen LogP contribution in [0.2, 0.25) is 5.02 Å². The number of benzene rings is 1. The highest BCUT2D eigenvalue weighted by atomic mass is 35.5. The predicted molar refractivity (Wildman–Crippen MR) is 92.9 cm³/mol. The Morgan fingerprint density at radius 2 is 1.96 bits per heavy atom. The van der Waals surface area contributed by atoms with Gasteiger partial charge in [0, 0.05) is 36.5 Å². The number of hydrogen-bond acceptors (Lipinski definition) is 3. The van der Waals surface area contributed by atoms with Crippen LogP contribution in [0.25, 0.3) is 0 Å². The third-order valence-electron chi connectivity index (χ3n) is 4.09. The molecule has 4 nitrogen and oxygen atoms in total. The summed E-state index contributed by atoms with van der Waals surface area (Å²) < 4.78 is 0. The standard InChI is InChI=1S/C18H20ClN3O/c19-16-7-3-2-6-14(16)13-21-18(23)17-12-15(8-9-20-17)22-10-4-1-5-11-22/h2-3,6-9,12H,1,4-5,10-11,13H2,(H,21,23). The molecule has 0 atom stereocenters. The van der Waals surface area contributed by atoms with Gasteiger partial charge in [-0.1, -0.05) is 29.8 Å². The van der Waals surface area contributed by atoms with Crippen molar-refractivity contribution in [3.8, 4) is 0 Å². The van der Waals surface area contributed by atoms with Crippen molar-refractivity contribution in [3.63, 3.8) is 0 Å². The molecule has 1 aliphatic heterocycles. The summed E-state index contributed by atoms with van der Waals surface area (Å²) in [5, 5.41) is 3.54. The normalized spacial score (nSPS) is 14.6. The molecule has 0 saturated carbocycles. The Morgan fingerprint density at radius 3 is 2.74 bits per heavy atom. The van der Waals surface area contributed by atoms with Crippen molar-refractivity contribution >= 4 is 23.2 Å². The molecule has 0 bridgehead atoms. The van der Waals surface area contributed by atoms with Crippen molar-refractivity contribution in [1.82, 2.24) is 10.3 Å². The molecule has 1 aliphatic rings. The van der Waals surface area contributed by atoms with E-state index in [1.807, 2.05) is 36.4 Å². The molecule has 1 aromatic carbocycles. The number of carbonyl (C=O) groups is 1. The topological polar surface area (TPSA) is 45.2 Å². The van der Waals surface area contributed by atoms with Crippen molar-refractivity contribution in [2.45, 2.75) is 25.8 Å². The molecular weight excluding hydrogens is 310 g/mol. The third-order valence-corrected chi connectivity index (χ3v) is 4.46. The van der Waals surface area contributed by atoms with Crippen LogP contribution in [0, 0.1) is 0 Å². The lowest BCUT2D eigenvalue weighted by Gasteiger charge is -2.28. The minimum absolute atomic E-state index is 0.177. The number of aromatic nitrogens is 1. The Balaban J connectivity index is 1.66. The van der Waals surface area contributed by atoms with Gasteiger partial charge in [-0.15, -0.1) is 0 Å². The van der Waals surface area contributed by atoms with E-state index in [0.717, 1.165) is 24.3 Å². The van der Waals surface area contributed by atoms with Crippen LogP contribution < -0.4 is 10.2 Å². The molecule has 0 radical (unpaired) electrons. The molecule has 5 heteroatoms. The summed E-state index contributed by atoms with van der Waals surface area (Å²) in [6.45, 7) is 2.49. The van der Waals surface area contributed by atoms with Gasteiger partial charge < -0.3 is 10.2 Å². The van der Waals surface area contributed by atoms with E-state index >= 15 is 0 Å². The highest BCUT2D eigenvalue weighted by molar-refractivity contribution is 6.31. The largest absolute Gasteiger partial charge is 0.371 e. The van der Waals surface area contributed by atoms with Crippen molar-refractivity contribution in [3.05, 3.63) is 58.9 Å². The van der Waals surface area contributed by atoms with Crippen molar-refractivity contribution in [1.29, 1.82) is 0 Å². The molecule has 1 amide bonds. The monoisotopic (exact) mass is 329 g/mol. The molecule has 0 spiro atoms. The van der Waals surface area contributed by atoms with Gasteiger partial charge in [0.05, 0.1) is 0 Å². The van der Waals surface area contributed by atoms with Gasteiger partial charge in [-0.05, 0) is 43.0 Å². The van der Waals surface area contributed by atoms with Gasteiger partial charge in [-0.3, -0.25) is 9.78 Å². The van der Waals surface area contributed by atoms with Crippen LogP contribution in [-0.4, -0.2) is 24.0 Å². The number of carbonyl (C=O) groups excluding carboxylic acids is 1. The van der Waals surface area contributed by atoms with E-state index in [0.29, 0.717) is 17.3 Å². The van der Waals surface area contributed by atoms with Gasteiger partial charge in [-0.2, -0.15) is 0 Å². The highest BCUT2D eigenvalue weighted by Gasteiger charge is 2.14. The van der Waals surface area contributed by atoms with Crippen LogP contribution in [-0.2, 0) is 6.54 Å². The average Bonchev–Trinajstić information content (AvgIpc) is 2.62. The van der Waals surface area contributed by atoms with Gasteiger partial charge >= 0.3 is 0 Å². The lowest BCUT2D eigenvalue weighted by Crippen LogP contribution is -2.30. The summed E-state index contributed by atoms with van der Waals surface area (Å²) in [4.78, 5) is 18.8. The quantitative estimate of drug-likeness (QED) is 0.931. The number of pyridine rings is 1. The molecule has 2 aromatic rings. The van der Waals surface area contributed by atoms with E-state index in [1.54, 1.807) is 6.20 Å².